The number of amides is 1. The van der Waals surface area contributed by atoms with Gasteiger partial charge in [0.15, 0.2) is 5.96 Å². The van der Waals surface area contributed by atoms with E-state index < -0.39 is 11.6 Å². The van der Waals surface area contributed by atoms with Crippen molar-refractivity contribution in [3.8, 4) is 0 Å². The number of nitrogens with zero attached hydrogens (tertiary/aromatic N) is 2. The molecule has 1 saturated heterocycles. The van der Waals surface area contributed by atoms with Crippen LogP contribution in [0.2, 0.25) is 0 Å². The number of likely N-dealkylation sites (tertiary alicyclic amines) is 1. The van der Waals surface area contributed by atoms with Crippen LogP contribution in [0.5, 0.6) is 0 Å². The standard InChI is InChI=1S/C18H28N4O5.HI/c1-11-14(15(23)25-6)7-13(26-11)8-20-16(19-5)21-12-9-22(10-12)17(24)27-18(2,3)4;/h7,12H,8-10H2,1-6H3,(H2,19,20,21);1H. The minimum Gasteiger partial charge on any atom is -0.465 e. The highest BCUT2D eigenvalue weighted by Crippen LogP contribution is 2.16. The minimum atomic E-state index is -0.503. The maximum Gasteiger partial charge on any atom is 0.410 e. The molecule has 1 aromatic rings. The summed E-state index contributed by atoms with van der Waals surface area (Å²) in [4.78, 5) is 29.4. The van der Waals surface area contributed by atoms with E-state index in [0.29, 0.717) is 42.7 Å². The lowest BCUT2D eigenvalue weighted by Crippen LogP contribution is -2.63. The van der Waals surface area contributed by atoms with Crippen molar-refractivity contribution >= 4 is 42.0 Å². The van der Waals surface area contributed by atoms with E-state index in [2.05, 4.69) is 15.6 Å². The quantitative estimate of drug-likeness (QED) is 0.278. The van der Waals surface area contributed by atoms with E-state index in [4.69, 9.17) is 13.9 Å². The molecule has 0 saturated carbocycles. The molecule has 28 heavy (non-hydrogen) atoms. The second-order valence-corrected chi connectivity index (χ2v) is 7.33. The smallest absolute Gasteiger partial charge is 0.410 e. The highest BCUT2D eigenvalue weighted by Gasteiger charge is 2.34. The molecule has 2 heterocycles. The Morgan fingerprint density at radius 2 is 2.00 bits per heavy atom. The number of carbonyl (C=O) groups is 2. The first kappa shape index (κ1) is 24.1. The number of hydrogen-bond acceptors (Lipinski definition) is 6. The van der Waals surface area contributed by atoms with Crippen LogP contribution in [0.1, 0.15) is 42.6 Å². The van der Waals surface area contributed by atoms with E-state index in [1.165, 1.54) is 7.11 Å². The summed E-state index contributed by atoms with van der Waals surface area (Å²) in [7, 11) is 2.99. The van der Waals surface area contributed by atoms with Gasteiger partial charge in [0.2, 0.25) is 0 Å². The average Bonchev–Trinajstić information content (AvgIpc) is 2.91. The van der Waals surface area contributed by atoms with Crippen LogP contribution in [0.4, 0.5) is 4.79 Å². The normalized spacial score (nSPS) is 14.6. The Bertz CT molecular complexity index is 720. The van der Waals surface area contributed by atoms with Gasteiger partial charge in [-0.05, 0) is 33.8 Å². The van der Waals surface area contributed by atoms with E-state index in [1.807, 2.05) is 20.8 Å². The van der Waals surface area contributed by atoms with Gasteiger partial charge < -0.3 is 29.4 Å². The average molecular weight is 508 g/mol. The van der Waals surface area contributed by atoms with Crippen LogP contribution in [-0.4, -0.2) is 61.8 Å². The summed E-state index contributed by atoms with van der Waals surface area (Å²) in [5, 5.41) is 6.36. The highest BCUT2D eigenvalue weighted by molar-refractivity contribution is 14.0. The lowest BCUT2D eigenvalue weighted by molar-refractivity contribution is 0.00699. The molecule has 1 fully saturated rings. The molecule has 0 atom stereocenters. The van der Waals surface area contributed by atoms with Crippen LogP contribution in [0, 0.1) is 6.92 Å². The third-order valence-corrected chi connectivity index (χ3v) is 3.90. The Morgan fingerprint density at radius 1 is 1.36 bits per heavy atom. The first-order valence-electron chi connectivity index (χ1n) is 8.75. The van der Waals surface area contributed by atoms with E-state index >= 15 is 0 Å². The SMILES string of the molecule is CN=C(NCc1cc(C(=O)OC)c(C)o1)NC1CN(C(=O)OC(C)(C)C)C1.I. The zero-order chi connectivity index (χ0) is 20.2. The molecule has 1 aliphatic heterocycles. The molecular weight excluding hydrogens is 479 g/mol. The van der Waals surface area contributed by atoms with E-state index in [1.54, 1.807) is 24.9 Å². The van der Waals surface area contributed by atoms with E-state index in [0.717, 1.165) is 0 Å². The number of rotatable bonds is 4. The molecule has 0 aromatic carbocycles. The molecule has 158 valence electrons. The number of aryl methyl sites for hydroxylation is 1. The molecule has 0 aliphatic carbocycles. The first-order chi connectivity index (χ1) is 12.6. The number of nitrogens with one attached hydrogen (secondary N) is 2. The maximum absolute atomic E-state index is 11.9. The number of ether oxygens (including phenoxy) is 2. The highest BCUT2D eigenvalue weighted by atomic mass is 127. The number of halogens is 1. The minimum absolute atomic E-state index is 0. The summed E-state index contributed by atoms with van der Waals surface area (Å²) in [6, 6.07) is 1.74. The number of furan rings is 1. The fourth-order valence-electron chi connectivity index (χ4n) is 2.55. The number of carbonyl (C=O) groups excluding carboxylic acids is 2. The van der Waals surface area contributed by atoms with Crippen LogP contribution in [-0.2, 0) is 16.0 Å². The molecule has 1 amide bonds. The van der Waals surface area contributed by atoms with Gasteiger partial charge in [0.05, 0.1) is 19.7 Å². The summed E-state index contributed by atoms with van der Waals surface area (Å²) in [5.74, 6) is 1.26. The topological polar surface area (TPSA) is 105 Å². The summed E-state index contributed by atoms with van der Waals surface area (Å²) >= 11 is 0. The van der Waals surface area contributed by atoms with Crippen molar-refractivity contribution in [2.75, 3.05) is 27.2 Å². The van der Waals surface area contributed by atoms with Gasteiger partial charge in [-0.2, -0.15) is 0 Å². The summed E-state index contributed by atoms with van der Waals surface area (Å²) in [6.45, 7) is 8.68. The molecule has 2 rings (SSSR count). The van der Waals surface area contributed by atoms with Crippen molar-refractivity contribution in [3.63, 3.8) is 0 Å². The molecule has 10 heteroatoms. The monoisotopic (exact) mass is 508 g/mol. The van der Waals surface area contributed by atoms with Gasteiger partial charge >= 0.3 is 12.1 Å². The molecule has 0 radical (unpaired) electrons. The fraction of sp³-hybridized carbons (Fsp3) is 0.611. The molecule has 1 aliphatic rings. The van der Waals surface area contributed by atoms with Crippen LogP contribution >= 0.6 is 24.0 Å². The van der Waals surface area contributed by atoms with Gasteiger partial charge in [0.25, 0.3) is 0 Å². The number of aliphatic imine (C=N–C) groups is 1. The summed E-state index contributed by atoms with van der Waals surface area (Å²) in [5.41, 5.74) is -0.0959. The Balaban J connectivity index is 0.00000392. The van der Waals surface area contributed by atoms with E-state index in [9.17, 15) is 9.59 Å². The summed E-state index contributed by atoms with van der Waals surface area (Å²) < 4.78 is 15.6. The van der Waals surface area contributed by atoms with Gasteiger partial charge in [-0.15, -0.1) is 24.0 Å². The Kier molecular flexibility index (Phi) is 8.58. The van der Waals surface area contributed by atoms with Crippen molar-refractivity contribution in [3.05, 3.63) is 23.2 Å². The van der Waals surface area contributed by atoms with E-state index in [-0.39, 0.29) is 36.1 Å². The van der Waals surface area contributed by atoms with Gasteiger partial charge in [-0.25, -0.2) is 9.59 Å². The molecular formula is C18H29IN4O5. The van der Waals surface area contributed by atoms with Crippen molar-refractivity contribution in [1.29, 1.82) is 0 Å². The van der Waals surface area contributed by atoms with Crippen LogP contribution in [0.15, 0.2) is 15.5 Å². The van der Waals surface area contributed by atoms with Crippen LogP contribution in [0.25, 0.3) is 0 Å². The molecule has 0 bridgehead atoms. The number of hydrogen-bond donors (Lipinski definition) is 2. The second kappa shape index (κ2) is 9.99. The lowest BCUT2D eigenvalue weighted by atomic mass is 10.1. The van der Waals surface area contributed by atoms with Crippen LogP contribution < -0.4 is 10.6 Å². The molecule has 0 spiro atoms. The third-order valence-electron chi connectivity index (χ3n) is 3.90. The molecule has 2 N–H and O–H groups in total. The third kappa shape index (κ3) is 6.57. The first-order valence-corrected chi connectivity index (χ1v) is 8.75. The lowest BCUT2D eigenvalue weighted by Gasteiger charge is -2.40. The largest absolute Gasteiger partial charge is 0.465 e. The maximum atomic E-state index is 11.9. The van der Waals surface area contributed by atoms with Crippen molar-refractivity contribution in [2.45, 2.75) is 45.9 Å². The number of esters is 1. The van der Waals surface area contributed by atoms with Crippen LogP contribution in [0.3, 0.4) is 0 Å². The fourth-order valence-corrected chi connectivity index (χ4v) is 2.55. The molecule has 1 aromatic heterocycles. The van der Waals surface area contributed by atoms with Crippen molar-refractivity contribution < 1.29 is 23.5 Å². The Labute approximate surface area is 182 Å². The second-order valence-electron chi connectivity index (χ2n) is 7.33. The Morgan fingerprint density at radius 3 is 2.54 bits per heavy atom. The Hall–Kier alpha value is -1.98. The van der Waals surface area contributed by atoms with Crippen molar-refractivity contribution in [1.82, 2.24) is 15.5 Å². The number of methoxy groups -OCH3 is 1. The number of guanidine groups is 1. The van der Waals surface area contributed by atoms with Gasteiger partial charge in [-0.3, -0.25) is 4.99 Å². The zero-order valence-corrected chi connectivity index (χ0v) is 19.5. The molecule has 0 unspecified atom stereocenters. The summed E-state index contributed by atoms with van der Waals surface area (Å²) in [6.07, 6.45) is -0.315. The predicted octanol–water partition coefficient (Wildman–Crippen LogP) is 2.28. The van der Waals surface area contributed by atoms with Gasteiger partial charge in [0, 0.05) is 20.1 Å². The zero-order valence-electron chi connectivity index (χ0n) is 17.1. The van der Waals surface area contributed by atoms with Gasteiger partial charge in [-0.1, -0.05) is 0 Å². The van der Waals surface area contributed by atoms with Crippen molar-refractivity contribution in [2.24, 2.45) is 4.99 Å². The molecule has 9 nitrogen and oxygen atoms in total. The van der Waals surface area contributed by atoms with Gasteiger partial charge in [0.1, 0.15) is 22.7 Å². The predicted molar refractivity (Wildman–Crippen MR) is 115 cm³/mol.